The number of carbonyl (C=O) groups is 1. The highest BCUT2D eigenvalue weighted by atomic mass is 32.1. The molecular formula is C22H26N2O2S. The van der Waals surface area contributed by atoms with Gasteiger partial charge in [-0.3, -0.25) is 4.79 Å². The number of amides is 1. The van der Waals surface area contributed by atoms with Gasteiger partial charge in [0.05, 0.1) is 11.6 Å². The molecule has 1 fully saturated rings. The fourth-order valence-electron chi connectivity index (χ4n) is 3.35. The number of carbonyl (C=O) groups excluding carboxylic acids is 1. The Hall–Kier alpha value is -2.40. The maximum absolute atomic E-state index is 12.3. The molecule has 2 aromatic rings. The zero-order chi connectivity index (χ0) is 19.6. The number of benzene rings is 2. The summed E-state index contributed by atoms with van der Waals surface area (Å²) in [5, 5.41) is 2.77. The first kappa shape index (κ1) is 19.4. The summed E-state index contributed by atoms with van der Waals surface area (Å²) in [5.41, 5.74) is 4.56. The molecule has 142 valence electrons. The molecule has 27 heavy (non-hydrogen) atoms. The average Bonchev–Trinajstić information content (AvgIpc) is 3.42. The van der Waals surface area contributed by atoms with Crippen molar-refractivity contribution in [3.05, 3.63) is 48.0 Å². The second-order valence-corrected chi connectivity index (χ2v) is 7.73. The molecule has 4 nitrogen and oxygen atoms in total. The Balaban J connectivity index is 1.87. The zero-order valence-corrected chi connectivity index (χ0v) is 17.1. The van der Waals surface area contributed by atoms with E-state index in [1.54, 1.807) is 6.92 Å². The van der Waals surface area contributed by atoms with Crippen LogP contribution in [0.1, 0.15) is 31.7 Å². The molecule has 5 heteroatoms. The lowest BCUT2D eigenvalue weighted by Crippen LogP contribution is -2.28. The van der Waals surface area contributed by atoms with Crippen molar-refractivity contribution in [2.75, 3.05) is 25.6 Å². The van der Waals surface area contributed by atoms with Crippen LogP contribution in [0.3, 0.4) is 0 Å². The minimum atomic E-state index is -0.0338. The molecule has 0 spiro atoms. The highest BCUT2D eigenvalue weighted by molar-refractivity contribution is 7.80. The van der Waals surface area contributed by atoms with Crippen molar-refractivity contribution in [1.29, 1.82) is 0 Å². The Morgan fingerprint density at radius 1 is 1.19 bits per heavy atom. The normalized spacial score (nSPS) is 17.9. The SMILES string of the molecule is CCOc1ccc(-c2ccc(N(C)C)cc2)cc1C1CC1C(=O)NC(C)=S. The summed E-state index contributed by atoms with van der Waals surface area (Å²) in [5.74, 6) is 1.02. The minimum absolute atomic E-state index is 0.00990. The lowest BCUT2D eigenvalue weighted by molar-refractivity contribution is -0.120. The van der Waals surface area contributed by atoms with E-state index in [2.05, 4.69) is 46.6 Å². The van der Waals surface area contributed by atoms with Crippen LogP contribution < -0.4 is 15.0 Å². The number of nitrogens with zero attached hydrogens (tertiary/aromatic N) is 1. The lowest BCUT2D eigenvalue weighted by Gasteiger charge is -2.15. The average molecular weight is 383 g/mol. The molecule has 3 rings (SSSR count). The third-order valence-electron chi connectivity index (χ3n) is 4.85. The number of thiocarbonyl (C=S) groups is 1. The first-order valence-electron chi connectivity index (χ1n) is 9.26. The van der Waals surface area contributed by atoms with Gasteiger partial charge in [-0.1, -0.05) is 30.4 Å². The van der Waals surface area contributed by atoms with E-state index in [1.165, 1.54) is 5.69 Å². The van der Waals surface area contributed by atoms with Crippen LogP contribution in [-0.4, -0.2) is 31.6 Å². The highest BCUT2D eigenvalue weighted by Crippen LogP contribution is 2.51. The molecule has 2 unspecified atom stereocenters. The first-order valence-corrected chi connectivity index (χ1v) is 9.67. The van der Waals surface area contributed by atoms with Crippen molar-refractivity contribution in [3.8, 4) is 16.9 Å². The summed E-state index contributed by atoms with van der Waals surface area (Å²) in [6.07, 6.45) is 0.831. The van der Waals surface area contributed by atoms with Gasteiger partial charge in [0.25, 0.3) is 0 Å². The van der Waals surface area contributed by atoms with Crippen molar-refractivity contribution in [2.45, 2.75) is 26.2 Å². The Morgan fingerprint density at radius 2 is 1.85 bits per heavy atom. The number of nitrogens with one attached hydrogen (secondary N) is 1. The van der Waals surface area contributed by atoms with Crippen LogP contribution in [0.2, 0.25) is 0 Å². The molecule has 0 bridgehead atoms. The molecule has 1 saturated carbocycles. The molecule has 0 aromatic heterocycles. The van der Waals surface area contributed by atoms with E-state index in [4.69, 9.17) is 17.0 Å². The van der Waals surface area contributed by atoms with Crippen molar-refractivity contribution in [3.63, 3.8) is 0 Å². The Kier molecular flexibility index (Phi) is 5.80. The standard InChI is InChI=1S/C22H26N2O2S/c1-5-26-21-11-8-16(15-6-9-17(10-7-15)24(3)4)12-19(21)18-13-20(18)22(25)23-14(2)27/h6-12,18,20H,5,13H2,1-4H3,(H,23,25,27). The summed E-state index contributed by atoms with van der Waals surface area (Å²) in [6, 6.07) is 14.7. The number of rotatable bonds is 6. The van der Waals surface area contributed by atoms with Crippen molar-refractivity contribution in [2.24, 2.45) is 5.92 Å². The van der Waals surface area contributed by atoms with E-state index in [9.17, 15) is 4.79 Å². The summed E-state index contributed by atoms with van der Waals surface area (Å²) in [7, 11) is 4.06. The summed E-state index contributed by atoms with van der Waals surface area (Å²) in [4.78, 5) is 14.9. The van der Waals surface area contributed by atoms with Gasteiger partial charge in [0.2, 0.25) is 5.91 Å². The van der Waals surface area contributed by atoms with Crippen LogP contribution >= 0.6 is 12.2 Å². The quantitative estimate of drug-likeness (QED) is 0.753. The predicted octanol–water partition coefficient (Wildman–Crippen LogP) is 4.39. The zero-order valence-electron chi connectivity index (χ0n) is 16.3. The lowest BCUT2D eigenvalue weighted by atomic mass is 9.99. The minimum Gasteiger partial charge on any atom is -0.494 e. The number of hydrogen-bond acceptors (Lipinski definition) is 4. The van der Waals surface area contributed by atoms with Crippen molar-refractivity contribution in [1.82, 2.24) is 5.32 Å². The van der Waals surface area contributed by atoms with E-state index in [-0.39, 0.29) is 17.7 Å². The second kappa shape index (κ2) is 8.09. The van der Waals surface area contributed by atoms with Gasteiger partial charge in [0, 0.05) is 25.7 Å². The van der Waals surface area contributed by atoms with E-state index in [0.717, 1.165) is 28.9 Å². The summed E-state index contributed by atoms with van der Waals surface area (Å²) in [6.45, 7) is 4.31. The van der Waals surface area contributed by atoms with Crippen LogP contribution in [-0.2, 0) is 4.79 Å². The second-order valence-electron chi connectivity index (χ2n) is 7.12. The monoisotopic (exact) mass is 382 g/mol. The summed E-state index contributed by atoms with van der Waals surface area (Å²) >= 11 is 4.99. The van der Waals surface area contributed by atoms with Gasteiger partial charge in [-0.15, -0.1) is 0 Å². The van der Waals surface area contributed by atoms with Crippen LogP contribution in [0.5, 0.6) is 5.75 Å². The molecule has 0 saturated heterocycles. The van der Waals surface area contributed by atoms with Gasteiger partial charge >= 0.3 is 0 Å². The fraction of sp³-hybridized carbons (Fsp3) is 0.364. The van der Waals surface area contributed by atoms with E-state index in [0.29, 0.717) is 11.6 Å². The molecular weight excluding hydrogens is 356 g/mol. The molecule has 1 N–H and O–H groups in total. The Bertz CT molecular complexity index is 846. The van der Waals surface area contributed by atoms with E-state index < -0.39 is 0 Å². The summed E-state index contributed by atoms with van der Waals surface area (Å²) < 4.78 is 5.82. The smallest absolute Gasteiger partial charge is 0.228 e. The van der Waals surface area contributed by atoms with Crippen LogP contribution in [0, 0.1) is 5.92 Å². The molecule has 2 aromatic carbocycles. The Labute approximate surface area is 166 Å². The van der Waals surface area contributed by atoms with Gasteiger partial charge in [0.1, 0.15) is 5.75 Å². The van der Waals surface area contributed by atoms with Gasteiger partial charge in [-0.25, -0.2) is 0 Å². The highest BCUT2D eigenvalue weighted by Gasteiger charge is 2.45. The predicted molar refractivity (Wildman–Crippen MR) is 115 cm³/mol. The van der Waals surface area contributed by atoms with Crippen LogP contribution in [0.15, 0.2) is 42.5 Å². The fourth-order valence-corrected chi connectivity index (χ4v) is 3.45. The topological polar surface area (TPSA) is 41.6 Å². The van der Waals surface area contributed by atoms with Gasteiger partial charge in [0.15, 0.2) is 0 Å². The van der Waals surface area contributed by atoms with Gasteiger partial charge in [-0.2, -0.15) is 0 Å². The molecule has 2 atom stereocenters. The van der Waals surface area contributed by atoms with E-state index in [1.807, 2.05) is 27.1 Å². The Morgan fingerprint density at radius 3 is 2.44 bits per heavy atom. The molecule has 0 aliphatic heterocycles. The van der Waals surface area contributed by atoms with E-state index >= 15 is 0 Å². The third kappa shape index (κ3) is 4.48. The number of hydrogen-bond donors (Lipinski definition) is 1. The molecule has 1 aliphatic rings. The van der Waals surface area contributed by atoms with Crippen molar-refractivity contribution >= 4 is 28.8 Å². The van der Waals surface area contributed by atoms with Crippen molar-refractivity contribution < 1.29 is 9.53 Å². The molecule has 1 aliphatic carbocycles. The number of anilines is 1. The largest absolute Gasteiger partial charge is 0.494 e. The maximum Gasteiger partial charge on any atom is 0.228 e. The van der Waals surface area contributed by atoms with Crippen LogP contribution in [0.25, 0.3) is 11.1 Å². The first-order chi connectivity index (χ1) is 12.9. The maximum atomic E-state index is 12.3. The molecule has 0 heterocycles. The third-order valence-corrected chi connectivity index (χ3v) is 4.95. The molecule has 0 radical (unpaired) electrons. The van der Waals surface area contributed by atoms with Gasteiger partial charge < -0.3 is 15.0 Å². The molecule has 1 amide bonds. The van der Waals surface area contributed by atoms with Gasteiger partial charge in [-0.05, 0) is 67.1 Å². The van der Waals surface area contributed by atoms with Crippen LogP contribution in [0.4, 0.5) is 5.69 Å². The number of ether oxygens (including phenoxy) is 1.